The maximum atomic E-state index is 14.4. The van der Waals surface area contributed by atoms with Gasteiger partial charge in [0.05, 0.1) is 11.6 Å². The summed E-state index contributed by atoms with van der Waals surface area (Å²) in [7, 11) is 0. The Morgan fingerprint density at radius 3 is 1.86 bits per heavy atom. The zero-order valence-electron chi connectivity index (χ0n) is 21.0. The number of alkyl halides is 3. The largest absolute Gasteiger partial charge is 0.412 e. The summed E-state index contributed by atoms with van der Waals surface area (Å²) in [4.78, 5) is 0. The van der Waals surface area contributed by atoms with Crippen molar-refractivity contribution in [3.63, 3.8) is 0 Å². The molecule has 2 aliphatic rings. The molecule has 0 radical (unpaired) electrons. The maximum Gasteiger partial charge on any atom is 0.412 e. The lowest BCUT2D eigenvalue weighted by molar-refractivity contribution is -0.0798. The van der Waals surface area contributed by atoms with Crippen molar-refractivity contribution in [1.29, 1.82) is 0 Å². The Bertz CT molecular complexity index is 1060. The van der Waals surface area contributed by atoms with Gasteiger partial charge in [-0.2, -0.15) is 13.2 Å². The van der Waals surface area contributed by atoms with Crippen molar-refractivity contribution in [2.45, 2.75) is 76.3 Å². The van der Waals surface area contributed by atoms with Crippen molar-refractivity contribution < 1.29 is 26.3 Å². The third-order valence-electron chi connectivity index (χ3n) is 8.40. The molecule has 0 atom stereocenters. The minimum atomic E-state index is -5.01. The minimum absolute atomic E-state index is 0.150. The molecule has 37 heavy (non-hydrogen) atoms. The summed E-state index contributed by atoms with van der Waals surface area (Å²) in [6, 6.07) is 9.19. The molecule has 0 saturated heterocycles. The lowest BCUT2D eigenvalue weighted by atomic mass is 9.68. The van der Waals surface area contributed by atoms with Gasteiger partial charge < -0.3 is 0 Å². The standard InChI is InChI=1S/C31H34F6/c1-2-3-4-20-5-7-21(8-6-20)22-9-11-23(12-10-22)24-13-15-25(16-14-24)26-17-27(32)30(28(33)18-26)29(34)19-31(35,36)37/h2,13-23H,1,3-12H2/b29-19-. The van der Waals surface area contributed by atoms with Crippen LogP contribution in [0, 0.1) is 29.4 Å². The molecule has 0 amide bonds. The highest BCUT2D eigenvalue weighted by atomic mass is 19.4. The summed E-state index contributed by atoms with van der Waals surface area (Å²) in [6.07, 6.45) is 8.73. The second-order valence-electron chi connectivity index (χ2n) is 10.7. The first-order valence-electron chi connectivity index (χ1n) is 13.3. The molecule has 200 valence electrons. The third-order valence-corrected chi connectivity index (χ3v) is 8.40. The molecule has 0 bridgehead atoms. The van der Waals surface area contributed by atoms with Gasteiger partial charge in [0, 0.05) is 0 Å². The van der Waals surface area contributed by atoms with Crippen LogP contribution in [0.4, 0.5) is 26.3 Å². The molecule has 2 aliphatic carbocycles. The van der Waals surface area contributed by atoms with Crippen LogP contribution < -0.4 is 0 Å². The molecule has 6 heteroatoms. The number of hydrogen-bond acceptors (Lipinski definition) is 0. The molecule has 0 N–H and O–H groups in total. The fraction of sp³-hybridized carbons (Fsp3) is 0.484. The van der Waals surface area contributed by atoms with E-state index in [1.165, 1.54) is 50.5 Å². The van der Waals surface area contributed by atoms with Crippen molar-refractivity contribution in [3.8, 4) is 11.1 Å². The molecule has 0 heterocycles. The summed E-state index contributed by atoms with van der Waals surface area (Å²) in [5, 5.41) is 0. The van der Waals surface area contributed by atoms with E-state index in [4.69, 9.17) is 0 Å². The fourth-order valence-electron chi connectivity index (χ4n) is 6.36. The molecular formula is C31H34F6. The van der Waals surface area contributed by atoms with Gasteiger partial charge in [-0.05, 0) is 104 Å². The molecule has 0 aromatic heterocycles. The van der Waals surface area contributed by atoms with Crippen LogP contribution in [0.5, 0.6) is 0 Å². The first-order valence-corrected chi connectivity index (χ1v) is 13.3. The zero-order chi connectivity index (χ0) is 26.6. The van der Waals surface area contributed by atoms with Crippen LogP contribution in [0.1, 0.15) is 81.3 Å². The monoisotopic (exact) mass is 520 g/mol. The van der Waals surface area contributed by atoms with Gasteiger partial charge in [0.25, 0.3) is 0 Å². The predicted molar refractivity (Wildman–Crippen MR) is 137 cm³/mol. The van der Waals surface area contributed by atoms with Crippen LogP contribution in [-0.2, 0) is 0 Å². The smallest absolute Gasteiger partial charge is 0.206 e. The quantitative estimate of drug-likeness (QED) is 0.252. The Morgan fingerprint density at radius 1 is 0.811 bits per heavy atom. The van der Waals surface area contributed by atoms with E-state index in [-0.39, 0.29) is 5.56 Å². The van der Waals surface area contributed by atoms with Gasteiger partial charge in [-0.15, -0.1) is 6.58 Å². The van der Waals surface area contributed by atoms with Crippen LogP contribution >= 0.6 is 0 Å². The number of hydrogen-bond donors (Lipinski definition) is 0. The van der Waals surface area contributed by atoms with Crippen molar-refractivity contribution in [2.24, 2.45) is 17.8 Å². The average Bonchev–Trinajstić information content (AvgIpc) is 2.86. The van der Waals surface area contributed by atoms with Gasteiger partial charge in [-0.25, -0.2) is 13.2 Å². The van der Waals surface area contributed by atoms with E-state index in [1.807, 2.05) is 18.2 Å². The Kier molecular flexibility index (Phi) is 8.86. The van der Waals surface area contributed by atoms with E-state index in [0.29, 0.717) is 11.5 Å². The first-order chi connectivity index (χ1) is 17.6. The van der Waals surface area contributed by atoms with Gasteiger partial charge in [-0.1, -0.05) is 43.2 Å². The lowest BCUT2D eigenvalue weighted by Crippen LogP contribution is -2.25. The Hall–Kier alpha value is -2.50. The minimum Gasteiger partial charge on any atom is -0.206 e. The maximum absolute atomic E-state index is 14.4. The number of benzene rings is 2. The normalized spacial score (nSPS) is 25.2. The summed E-state index contributed by atoms with van der Waals surface area (Å²) < 4.78 is 79.7. The highest BCUT2D eigenvalue weighted by Gasteiger charge is 2.31. The summed E-state index contributed by atoms with van der Waals surface area (Å²) in [5.74, 6) is -1.78. The second-order valence-corrected chi connectivity index (χ2v) is 10.7. The van der Waals surface area contributed by atoms with Crippen molar-refractivity contribution >= 4 is 5.83 Å². The molecule has 0 spiro atoms. The van der Waals surface area contributed by atoms with E-state index < -0.39 is 35.3 Å². The summed E-state index contributed by atoms with van der Waals surface area (Å²) >= 11 is 0. The molecule has 2 saturated carbocycles. The average molecular weight is 521 g/mol. The molecular weight excluding hydrogens is 486 g/mol. The van der Waals surface area contributed by atoms with Crippen LogP contribution in [0.15, 0.2) is 55.1 Å². The van der Waals surface area contributed by atoms with Crippen LogP contribution in [0.25, 0.3) is 17.0 Å². The SMILES string of the molecule is C=CCCC1CCC(C2CCC(c3ccc(-c4cc(F)c(/C(F)=C/C(F)(F)F)c(F)c4)cc3)CC2)CC1. The van der Waals surface area contributed by atoms with E-state index in [2.05, 4.69) is 6.58 Å². The number of rotatable bonds is 7. The van der Waals surface area contributed by atoms with Gasteiger partial charge in [0.1, 0.15) is 17.5 Å². The fourth-order valence-corrected chi connectivity index (χ4v) is 6.36. The van der Waals surface area contributed by atoms with Gasteiger partial charge in [0.15, 0.2) is 0 Å². The van der Waals surface area contributed by atoms with Gasteiger partial charge in [-0.3, -0.25) is 0 Å². The van der Waals surface area contributed by atoms with Gasteiger partial charge in [0.2, 0.25) is 0 Å². The second kappa shape index (κ2) is 11.9. The molecule has 0 aliphatic heterocycles. The predicted octanol–water partition coefficient (Wildman–Crippen LogP) is 10.6. The third kappa shape index (κ3) is 7.08. The Morgan fingerprint density at radius 2 is 1.35 bits per heavy atom. The van der Waals surface area contributed by atoms with Crippen LogP contribution in [0.3, 0.4) is 0 Å². The molecule has 2 aromatic carbocycles. The van der Waals surface area contributed by atoms with Crippen molar-refractivity contribution in [1.82, 2.24) is 0 Å². The zero-order valence-corrected chi connectivity index (χ0v) is 21.0. The van der Waals surface area contributed by atoms with E-state index in [9.17, 15) is 26.3 Å². The molecule has 0 unspecified atom stereocenters. The van der Waals surface area contributed by atoms with E-state index in [0.717, 1.165) is 49.1 Å². The first kappa shape index (κ1) is 27.5. The molecule has 2 aromatic rings. The van der Waals surface area contributed by atoms with Gasteiger partial charge >= 0.3 is 6.18 Å². The molecule has 4 rings (SSSR count). The van der Waals surface area contributed by atoms with E-state index >= 15 is 0 Å². The molecule has 0 nitrogen and oxygen atoms in total. The highest BCUT2D eigenvalue weighted by Crippen LogP contribution is 2.44. The molecule has 2 fully saturated rings. The van der Waals surface area contributed by atoms with Crippen molar-refractivity contribution in [3.05, 3.63) is 77.9 Å². The summed E-state index contributed by atoms with van der Waals surface area (Å²) in [6.45, 7) is 3.84. The van der Waals surface area contributed by atoms with Crippen LogP contribution in [0.2, 0.25) is 0 Å². The lowest BCUT2D eigenvalue weighted by Gasteiger charge is -2.38. The van der Waals surface area contributed by atoms with E-state index in [1.54, 1.807) is 12.1 Å². The topological polar surface area (TPSA) is 0 Å². The van der Waals surface area contributed by atoms with Crippen molar-refractivity contribution in [2.75, 3.05) is 0 Å². The van der Waals surface area contributed by atoms with Crippen LogP contribution in [-0.4, -0.2) is 6.18 Å². The number of halogens is 6. The number of allylic oxidation sites excluding steroid dienone is 2. The summed E-state index contributed by atoms with van der Waals surface area (Å²) in [5.41, 5.74) is 0.555. The Balaban J connectivity index is 1.36. The Labute approximate surface area is 215 Å². The highest BCUT2D eigenvalue weighted by molar-refractivity contribution is 5.69.